The van der Waals surface area contributed by atoms with Gasteiger partial charge < -0.3 is 15.4 Å². The van der Waals surface area contributed by atoms with E-state index in [2.05, 4.69) is 24.0 Å². The van der Waals surface area contributed by atoms with Gasteiger partial charge in [0, 0.05) is 28.7 Å². The number of likely N-dealkylation sites (tertiary alicyclic amines) is 1. The summed E-state index contributed by atoms with van der Waals surface area (Å²) in [6.07, 6.45) is 1.80. The highest BCUT2D eigenvalue weighted by Crippen LogP contribution is 2.35. The van der Waals surface area contributed by atoms with E-state index in [1.807, 2.05) is 71.8 Å². The van der Waals surface area contributed by atoms with Crippen molar-refractivity contribution < 1.29 is 9.53 Å². The van der Waals surface area contributed by atoms with E-state index in [0.717, 1.165) is 34.7 Å². The molecule has 5 rings (SSSR count). The van der Waals surface area contributed by atoms with Crippen molar-refractivity contribution in [3.8, 4) is 11.1 Å². The van der Waals surface area contributed by atoms with Gasteiger partial charge in [-0.1, -0.05) is 66.2 Å². The molecule has 1 aromatic heterocycles. The minimum absolute atomic E-state index is 0.0398. The fraction of sp³-hybridized carbons (Fsp3) is 0.250. The first kappa shape index (κ1) is 28.9. The summed E-state index contributed by atoms with van der Waals surface area (Å²) in [5, 5.41) is 19.2. The number of hydrogen-bond acceptors (Lipinski definition) is 7. The standard InChI is InChI=1S/C25H27N5O2S.C7H8/c1-15-14-33-24(29-15)21-9-6-10-30(21)25(31)20-12-18(17-7-4-3-5-8-17)11-19(13-20)23(28)32-22(27)16(2)26;1-7-5-3-2-4-6-7/h3-5,7-8,11-14,16,21,27-28H,6,9-10,26H2,1-2H3;2-6H,1H3. The van der Waals surface area contributed by atoms with Gasteiger partial charge in [0.2, 0.25) is 11.8 Å². The summed E-state index contributed by atoms with van der Waals surface area (Å²) in [5.41, 5.74) is 10.6. The summed E-state index contributed by atoms with van der Waals surface area (Å²) in [6.45, 7) is 6.33. The smallest absolute Gasteiger partial charge is 0.254 e. The van der Waals surface area contributed by atoms with Crippen molar-refractivity contribution in [3.63, 3.8) is 0 Å². The van der Waals surface area contributed by atoms with E-state index in [9.17, 15) is 4.79 Å². The van der Waals surface area contributed by atoms with Crippen molar-refractivity contribution in [1.29, 1.82) is 10.8 Å². The molecule has 0 spiro atoms. The molecule has 206 valence electrons. The van der Waals surface area contributed by atoms with Crippen molar-refractivity contribution in [2.45, 2.75) is 45.7 Å². The lowest BCUT2D eigenvalue weighted by Gasteiger charge is -2.24. The number of nitrogens with one attached hydrogen (secondary N) is 2. The lowest BCUT2D eigenvalue weighted by molar-refractivity contribution is 0.0735. The lowest BCUT2D eigenvalue weighted by atomic mass is 9.98. The number of thiazole rings is 1. The summed E-state index contributed by atoms with van der Waals surface area (Å²) < 4.78 is 5.35. The maximum Gasteiger partial charge on any atom is 0.254 e. The van der Waals surface area contributed by atoms with Gasteiger partial charge >= 0.3 is 0 Å². The Morgan fingerprint density at radius 1 is 1.00 bits per heavy atom. The summed E-state index contributed by atoms with van der Waals surface area (Å²) in [6, 6.07) is 24.6. The number of benzene rings is 3. The second-order valence-electron chi connectivity index (χ2n) is 9.89. The Morgan fingerprint density at radius 2 is 1.65 bits per heavy atom. The zero-order valence-electron chi connectivity index (χ0n) is 23.1. The monoisotopic (exact) mass is 553 g/mol. The Hall–Kier alpha value is -4.14. The number of aromatic nitrogens is 1. The van der Waals surface area contributed by atoms with Crippen LogP contribution in [0.5, 0.6) is 0 Å². The molecule has 1 aliphatic rings. The van der Waals surface area contributed by atoms with Crippen molar-refractivity contribution in [3.05, 3.63) is 112 Å². The average molecular weight is 554 g/mol. The molecule has 0 saturated carbocycles. The third-order valence-corrected chi connectivity index (χ3v) is 7.61. The molecule has 1 aliphatic heterocycles. The molecular weight excluding hydrogens is 518 g/mol. The maximum atomic E-state index is 13.7. The number of carbonyl (C=O) groups excluding carboxylic acids is 1. The molecule has 4 N–H and O–H groups in total. The van der Waals surface area contributed by atoms with E-state index in [0.29, 0.717) is 17.7 Å². The van der Waals surface area contributed by atoms with Crippen LogP contribution in [0.2, 0.25) is 0 Å². The van der Waals surface area contributed by atoms with Gasteiger partial charge in [-0.05, 0) is 62.9 Å². The first-order chi connectivity index (χ1) is 19.2. The maximum absolute atomic E-state index is 13.7. The summed E-state index contributed by atoms with van der Waals surface area (Å²) >= 11 is 1.59. The third-order valence-electron chi connectivity index (χ3n) is 6.55. The normalized spacial score (nSPS) is 15.1. The molecule has 1 fully saturated rings. The molecule has 1 amide bonds. The van der Waals surface area contributed by atoms with E-state index in [-0.39, 0.29) is 23.7 Å². The number of rotatable bonds is 5. The zero-order chi connectivity index (χ0) is 28.6. The summed E-state index contributed by atoms with van der Waals surface area (Å²) in [4.78, 5) is 20.1. The SMILES string of the molecule is Cc1ccccc1.Cc1csc(C2CCCN2C(=O)c2cc(C(=N)OC(=N)C(C)N)cc(-c3ccccc3)c2)n1. The Kier molecular flexibility index (Phi) is 9.58. The van der Waals surface area contributed by atoms with Crippen LogP contribution in [0.4, 0.5) is 0 Å². The molecule has 0 aliphatic carbocycles. The van der Waals surface area contributed by atoms with Crippen LogP contribution in [0.3, 0.4) is 0 Å². The number of aryl methyl sites for hydroxylation is 2. The van der Waals surface area contributed by atoms with Gasteiger partial charge in [0.05, 0.1) is 12.1 Å². The molecule has 4 aromatic rings. The molecule has 0 bridgehead atoms. The fourth-order valence-electron chi connectivity index (χ4n) is 4.43. The second-order valence-corrected chi connectivity index (χ2v) is 10.8. The van der Waals surface area contributed by atoms with Crippen LogP contribution in [-0.4, -0.2) is 40.2 Å². The number of carbonyl (C=O) groups is 1. The van der Waals surface area contributed by atoms with Crippen LogP contribution in [0.15, 0.2) is 84.2 Å². The number of hydrogen-bond donors (Lipinski definition) is 3. The highest BCUT2D eigenvalue weighted by Gasteiger charge is 2.33. The lowest BCUT2D eigenvalue weighted by Crippen LogP contribution is -2.31. The van der Waals surface area contributed by atoms with Gasteiger partial charge in [0.1, 0.15) is 5.01 Å². The first-order valence-corrected chi connectivity index (χ1v) is 14.2. The Labute approximate surface area is 239 Å². The molecule has 1 saturated heterocycles. The highest BCUT2D eigenvalue weighted by molar-refractivity contribution is 7.09. The van der Waals surface area contributed by atoms with Crippen LogP contribution >= 0.6 is 11.3 Å². The van der Waals surface area contributed by atoms with Gasteiger partial charge in [0.15, 0.2) is 0 Å². The third kappa shape index (κ3) is 7.28. The molecule has 8 heteroatoms. The Morgan fingerprint density at radius 3 is 2.23 bits per heavy atom. The molecule has 0 radical (unpaired) electrons. The highest BCUT2D eigenvalue weighted by atomic mass is 32.1. The quantitative estimate of drug-likeness (QED) is 0.187. The number of nitrogens with zero attached hydrogens (tertiary/aromatic N) is 2. The van der Waals surface area contributed by atoms with Crippen molar-refractivity contribution in [2.24, 2.45) is 5.73 Å². The fourth-order valence-corrected chi connectivity index (χ4v) is 5.38. The van der Waals surface area contributed by atoms with Crippen LogP contribution in [-0.2, 0) is 4.74 Å². The molecule has 2 atom stereocenters. The van der Waals surface area contributed by atoms with E-state index < -0.39 is 6.04 Å². The van der Waals surface area contributed by atoms with Crippen LogP contribution in [0.1, 0.15) is 58.0 Å². The summed E-state index contributed by atoms with van der Waals surface area (Å²) in [7, 11) is 0. The van der Waals surface area contributed by atoms with Gasteiger partial charge in [-0.3, -0.25) is 15.6 Å². The van der Waals surface area contributed by atoms with Crippen molar-refractivity contribution in [1.82, 2.24) is 9.88 Å². The van der Waals surface area contributed by atoms with Crippen molar-refractivity contribution >= 4 is 29.0 Å². The van der Waals surface area contributed by atoms with Gasteiger partial charge in [-0.15, -0.1) is 11.3 Å². The van der Waals surface area contributed by atoms with Gasteiger partial charge in [0.25, 0.3) is 5.91 Å². The van der Waals surface area contributed by atoms with E-state index in [1.54, 1.807) is 30.4 Å². The van der Waals surface area contributed by atoms with E-state index >= 15 is 0 Å². The second kappa shape index (κ2) is 13.3. The topological polar surface area (TPSA) is 116 Å². The largest absolute Gasteiger partial charge is 0.424 e. The molecule has 40 heavy (non-hydrogen) atoms. The number of amides is 1. The minimum Gasteiger partial charge on any atom is -0.424 e. The molecule has 2 heterocycles. The van der Waals surface area contributed by atoms with Gasteiger partial charge in [-0.2, -0.15) is 0 Å². The number of nitrogens with two attached hydrogens (primary N) is 1. The minimum atomic E-state index is -0.629. The Balaban J connectivity index is 0.000000461. The molecule has 7 nitrogen and oxygen atoms in total. The van der Waals surface area contributed by atoms with Crippen LogP contribution < -0.4 is 5.73 Å². The van der Waals surface area contributed by atoms with E-state index in [4.69, 9.17) is 21.3 Å². The molecule has 2 unspecified atom stereocenters. The van der Waals surface area contributed by atoms with Gasteiger partial charge in [-0.25, -0.2) is 4.98 Å². The number of ether oxygens (including phenoxy) is 1. The predicted molar refractivity (Wildman–Crippen MR) is 162 cm³/mol. The first-order valence-electron chi connectivity index (χ1n) is 13.3. The van der Waals surface area contributed by atoms with Crippen LogP contribution in [0.25, 0.3) is 11.1 Å². The Bertz CT molecular complexity index is 1470. The van der Waals surface area contributed by atoms with E-state index in [1.165, 1.54) is 5.56 Å². The predicted octanol–water partition coefficient (Wildman–Crippen LogP) is 6.76. The van der Waals surface area contributed by atoms with Crippen LogP contribution in [0, 0.1) is 24.7 Å². The molecular formula is C32H35N5O2S. The van der Waals surface area contributed by atoms with Crippen molar-refractivity contribution in [2.75, 3.05) is 6.54 Å². The average Bonchev–Trinajstić information content (AvgIpc) is 3.62. The summed E-state index contributed by atoms with van der Waals surface area (Å²) in [5.74, 6) is -0.506. The molecule has 3 aromatic carbocycles. The zero-order valence-corrected chi connectivity index (χ0v) is 23.9.